The van der Waals surface area contributed by atoms with Crippen LogP contribution in [0.1, 0.15) is 19.8 Å². The highest BCUT2D eigenvalue weighted by Gasteiger charge is 2.06. The van der Waals surface area contributed by atoms with Crippen LogP contribution in [0.2, 0.25) is 0 Å². The number of carbonyl (C=O) groups excluding carboxylic acids is 1. The van der Waals surface area contributed by atoms with E-state index in [9.17, 15) is 4.79 Å². The summed E-state index contributed by atoms with van der Waals surface area (Å²) in [5.41, 5.74) is 0. The summed E-state index contributed by atoms with van der Waals surface area (Å²) in [7, 11) is 0. The molecule has 0 amide bonds. The van der Waals surface area contributed by atoms with Crippen LogP contribution in [-0.4, -0.2) is 5.12 Å². The quantitative estimate of drug-likeness (QED) is 0.552. The van der Waals surface area contributed by atoms with Crippen molar-refractivity contribution in [1.82, 2.24) is 0 Å². The van der Waals surface area contributed by atoms with Gasteiger partial charge in [-0.15, -0.1) is 6.58 Å². The fourth-order valence-corrected chi connectivity index (χ4v) is 0.604. The summed E-state index contributed by atoms with van der Waals surface area (Å²) in [6.45, 7) is 5.39. The zero-order valence-corrected chi connectivity index (χ0v) is 6.41. The molecule has 1 atom stereocenters. The monoisotopic (exact) mass is 143 g/mol. The van der Waals surface area contributed by atoms with Gasteiger partial charge in [-0.2, -0.15) is 0 Å². The first-order valence-electron chi connectivity index (χ1n) is 3.00. The molecule has 2 heteroatoms. The van der Waals surface area contributed by atoms with Gasteiger partial charge >= 0.3 is 0 Å². The number of rotatable bonds is 4. The van der Waals surface area contributed by atoms with Gasteiger partial charge < -0.3 is 0 Å². The molecule has 0 saturated carbocycles. The van der Waals surface area contributed by atoms with Gasteiger partial charge in [0.1, 0.15) is 0 Å². The largest absolute Gasteiger partial charge is 0.282 e. The van der Waals surface area contributed by atoms with Crippen LogP contribution in [-0.2, 0) is 4.79 Å². The lowest BCUT2D eigenvalue weighted by atomic mass is 10.1. The van der Waals surface area contributed by atoms with Crippen molar-refractivity contribution >= 4 is 17.7 Å². The Labute approximate surface area is 61.6 Å². The minimum Gasteiger partial charge on any atom is -0.282 e. The summed E-state index contributed by atoms with van der Waals surface area (Å²) >= 11 is 4.44. The van der Waals surface area contributed by atoms with Gasteiger partial charge in [0, 0.05) is 5.92 Å². The van der Waals surface area contributed by atoms with Crippen LogP contribution in [0.3, 0.4) is 0 Å². The zero-order chi connectivity index (χ0) is 7.28. The molecule has 0 aromatic rings. The minimum atomic E-state index is -0.142. The molecule has 0 saturated heterocycles. The summed E-state index contributed by atoms with van der Waals surface area (Å²) in [6.07, 6.45) is 3.52. The third kappa shape index (κ3) is 4.15. The van der Waals surface area contributed by atoms with Crippen molar-refractivity contribution in [2.24, 2.45) is 5.92 Å². The summed E-state index contributed by atoms with van der Waals surface area (Å²) in [5, 5.41) is -0.142. The Morgan fingerprint density at radius 2 is 2.44 bits per heavy atom. The van der Waals surface area contributed by atoms with Crippen LogP contribution in [0.4, 0.5) is 0 Å². The summed E-state index contributed by atoms with van der Waals surface area (Å²) < 4.78 is 0. The molecule has 0 bridgehead atoms. The van der Waals surface area contributed by atoms with E-state index in [4.69, 9.17) is 0 Å². The Morgan fingerprint density at radius 1 is 1.89 bits per heavy atom. The second-order valence-electron chi connectivity index (χ2n) is 2.09. The van der Waals surface area contributed by atoms with Crippen LogP contribution in [0.15, 0.2) is 12.7 Å². The molecular weight excluding hydrogens is 132 g/mol. The number of hydrogen-bond donors (Lipinski definition) is 0. The highest BCUT2D eigenvalue weighted by molar-refractivity contribution is 7.96. The Kier molecular flexibility index (Phi) is 4.32. The molecule has 0 spiro atoms. The van der Waals surface area contributed by atoms with Gasteiger partial charge in [0.2, 0.25) is 5.12 Å². The standard InChI is InChI=1S/C7H11OS/c1-3-4-5-6(2)7(8)9/h3,6H,1,4-5H2,2H3. The third-order valence-corrected chi connectivity index (χ3v) is 1.61. The van der Waals surface area contributed by atoms with Crippen LogP contribution >= 0.6 is 12.6 Å². The maximum Gasteiger partial charge on any atom is 0.221 e. The van der Waals surface area contributed by atoms with Gasteiger partial charge in [-0.25, -0.2) is 0 Å². The van der Waals surface area contributed by atoms with Crippen LogP contribution < -0.4 is 0 Å². The Morgan fingerprint density at radius 3 is 2.78 bits per heavy atom. The molecule has 1 radical (unpaired) electrons. The molecule has 0 rings (SSSR count). The van der Waals surface area contributed by atoms with Crippen molar-refractivity contribution in [3.8, 4) is 0 Å². The fraction of sp³-hybridized carbons (Fsp3) is 0.571. The maximum absolute atomic E-state index is 10.4. The van der Waals surface area contributed by atoms with E-state index in [-0.39, 0.29) is 11.0 Å². The smallest absolute Gasteiger partial charge is 0.221 e. The van der Waals surface area contributed by atoms with E-state index in [1.54, 1.807) is 6.08 Å². The highest BCUT2D eigenvalue weighted by Crippen LogP contribution is 2.08. The van der Waals surface area contributed by atoms with E-state index in [0.717, 1.165) is 12.8 Å². The average molecular weight is 143 g/mol. The van der Waals surface area contributed by atoms with E-state index in [2.05, 4.69) is 19.2 Å². The Hall–Kier alpha value is -0.370. The normalized spacial score (nSPS) is 12.6. The lowest BCUT2D eigenvalue weighted by Crippen LogP contribution is -2.02. The molecule has 1 unspecified atom stereocenters. The maximum atomic E-state index is 10.4. The van der Waals surface area contributed by atoms with Gasteiger partial charge in [-0.3, -0.25) is 4.79 Å². The summed E-state index contributed by atoms with van der Waals surface area (Å²) in [6, 6.07) is 0. The molecule has 1 nitrogen and oxygen atoms in total. The zero-order valence-electron chi connectivity index (χ0n) is 5.59. The van der Waals surface area contributed by atoms with Gasteiger partial charge in [0.05, 0.1) is 0 Å². The number of carbonyl (C=O) groups is 1. The molecular formula is C7H11OS. The predicted molar refractivity (Wildman–Crippen MR) is 41.2 cm³/mol. The Bertz CT molecular complexity index is 109. The first kappa shape index (κ1) is 8.63. The molecule has 51 valence electrons. The molecule has 0 heterocycles. The van der Waals surface area contributed by atoms with E-state index in [0.29, 0.717) is 0 Å². The molecule has 9 heavy (non-hydrogen) atoms. The molecule has 0 aliphatic carbocycles. The molecule has 0 aromatic heterocycles. The summed E-state index contributed by atoms with van der Waals surface area (Å²) in [4.78, 5) is 10.4. The number of hydrogen-bond acceptors (Lipinski definition) is 1. The van der Waals surface area contributed by atoms with Crippen molar-refractivity contribution in [3.63, 3.8) is 0 Å². The first-order valence-corrected chi connectivity index (χ1v) is 3.41. The second-order valence-corrected chi connectivity index (χ2v) is 2.49. The molecule has 0 aliphatic heterocycles. The Balaban J connectivity index is 3.37. The van der Waals surface area contributed by atoms with Crippen molar-refractivity contribution in [2.75, 3.05) is 0 Å². The van der Waals surface area contributed by atoms with E-state index in [1.165, 1.54) is 0 Å². The van der Waals surface area contributed by atoms with Crippen LogP contribution in [0.25, 0.3) is 0 Å². The average Bonchev–Trinajstić information content (AvgIpc) is 1.82. The van der Waals surface area contributed by atoms with Crippen molar-refractivity contribution in [2.45, 2.75) is 19.8 Å². The van der Waals surface area contributed by atoms with Gasteiger partial charge in [0.15, 0.2) is 0 Å². The van der Waals surface area contributed by atoms with Gasteiger partial charge in [-0.1, -0.05) is 13.0 Å². The first-order chi connectivity index (χ1) is 4.18. The number of allylic oxidation sites excluding steroid dienone is 1. The van der Waals surface area contributed by atoms with Crippen molar-refractivity contribution in [1.29, 1.82) is 0 Å². The lowest BCUT2D eigenvalue weighted by molar-refractivity contribution is -0.113. The SMILES string of the molecule is C=CCCC(C)C(=O)[S]. The minimum absolute atomic E-state index is 0.0259. The molecule has 0 N–H and O–H groups in total. The highest BCUT2D eigenvalue weighted by atomic mass is 32.1. The van der Waals surface area contributed by atoms with Gasteiger partial charge in [-0.05, 0) is 25.5 Å². The van der Waals surface area contributed by atoms with Gasteiger partial charge in [0.25, 0.3) is 0 Å². The van der Waals surface area contributed by atoms with E-state index >= 15 is 0 Å². The van der Waals surface area contributed by atoms with E-state index < -0.39 is 0 Å². The molecule has 0 aromatic carbocycles. The molecule has 0 fully saturated rings. The fourth-order valence-electron chi connectivity index (χ4n) is 0.486. The lowest BCUT2D eigenvalue weighted by Gasteiger charge is -2.00. The van der Waals surface area contributed by atoms with E-state index in [1.807, 2.05) is 6.92 Å². The topological polar surface area (TPSA) is 17.1 Å². The third-order valence-electron chi connectivity index (χ3n) is 1.21. The van der Waals surface area contributed by atoms with Crippen LogP contribution in [0, 0.1) is 5.92 Å². The predicted octanol–water partition coefficient (Wildman–Crippen LogP) is 2.31. The van der Waals surface area contributed by atoms with Crippen molar-refractivity contribution < 1.29 is 4.79 Å². The van der Waals surface area contributed by atoms with Crippen LogP contribution in [0.5, 0.6) is 0 Å². The van der Waals surface area contributed by atoms with Crippen molar-refractivity contribution in [3.05, 3.63) is 12.7 Å². The second kappa shape index (κ2) is 4.50. The summed E-state index contributed by atoms with van der Waals surface area (Å²) in [5.74, 6) is 0.0259. The molecule has 0 aliphatic rings.